The van der Waals surface area contributed by atoms with Crippen LogP contribution in [0.1, 0.15) is 39.2 Å². The molecule has 0 spiro atoms. The Morgan fingerprint density at radius 3 is 2.57 bits per heavy atom. The number of nitrogens with one attached hydrogen (secondary N) is 1. The van der Waals surface area contributed by atoms with E-state index in [2.05, 4.69) is 26.1 Å². The number of hydrogen-bond donors (Lipinski definition) is 1. The van der Waals surface area contributed by atoms with E-state index < -0.39 is 11.6 Å². The lowest BCUT2D eigenvalue weighted by Crippen LogP contribution is -2.48. The van der Waals surface area contributed by atoms with Gasteiger partial charge in [-0.1, -0.05) is 6.07 Å². The Kier molecular flexibility index (Phi) is 4.99. The molecule has 0 aliphatic carbocycles. The highest BCUT2D eigenvalue weighted by Crippen LogP contribution is 2.33. The first-order chi connectivity index (χ1) is 9.80. The lowest BCUT2D eigenvalue weighted by molar-refractivity contribution is -0.00997. The minimum atomic E-state index is -0.791. The van der Waals surface area contributed by atoms with Crippen molar-refractivity contribution in [1.82, 2.24) is 5.32 Å². The van der Waals surface area contributed by atoms with E-state index in [1.165, 1.54) is 12.1 Å². The highest BCUT2D eigenvalue weighted by Gasteiger charge is 2.34. The quantitative estimate of drug-likeness (QED) is 0.915. The second-order valence-electron chi connectivity index (χ2n) is 7.18. The summed E-state index contributed by atoms with van der Waals surface area (Å²) in [7, 11) is 0. The fourth-order valence-electron chi connectivity index (χ4n) is 2.79. The van der Waals surface area contributed by atoms with Crippen molar-refractivity contribution < 1.29 is 13.5 Å². The lowest BCUT2D eigenvalue weighted by Gasteiger charge is -2.39. The average molecular weight is 297 g/mol. The summed E-state index contributed by atoms with van der Waals surface area (Å²) in [5.74, 6) is -1.57. The van der Waals surface area contributed by atoms with Gasteiger partial charge >= 0.3 is 0 Å². The van der Waals surface area contributed by atoms with E-state index in [0.717, 1.165) is 31.6 Å². The van der Waals surface area contributed by atoms with Crippen molar-refractivity contribution in [3.05, 3.63) is 35.4 Å². The molecule has 1 saturated heterocycles. The molecule has 0 amide bonds. The number of halogens is 2. The molecule has 21 heavy (non-hydrogen) atoms. The molecule has 1 N–H and O–H groups in total. The second-order valence-corrected chi connectivity index (χ2v) is 7.18. The molecule has 2 nitrogen and oxygen atoms in total. The normalized spacial score (nSPS) is 23.3. The Morgan fingerprint density at radius 1 is 1.24 bits per heavy atom. The van der Waals surface area contributed by atoms with Crippen LogP contribution < -0.4 is 5.32 Å². The van der Waals surface area contributed by atoms with Crippen molar-refractivity contribution in [2.24, 2.45) is 5.41 Å². The number of benzene rings is 1. The molecule has 2 rings (SSSR count). The minimum absolute atomic E-state index is 0.0263. The monoisotopic (exact) mass is 297 g/mol. The third-order valence-electron chi connectivity index (χ3n) is 3.96. The number of rotatable bonds is 4. The molecule has 0 bridgehead atoms. The smallest absolute Gasteiger partial charge is 0.159 e. The molecular weight excluding hydrogens is 272 g/mol. The lowest BCUT2D eigenvalue weighted by atomic mass is 9.76. The Labute approximate surface area is 125 Å². The van der Waals surface area contributed by atoms with Crippen molar-refractivity contribution >= 4 is 0 Å². The van der Waals surface area contributed by atoms with E-state index in [4.69, 9.17) is 4.74 Å². The van der Waals surface area contributed by atoms with Crippen LogP contribution in [0.3, 0.4) is 0 Å². The van der Waals surface area contributed by atoms with Crippen LogP contribution in [0.2, 0.25) is 0 Å². The summed E-state index contributed by atoms with van der Waals surface area (Å²) in [6, 6.07) is 4.19. The highest BCUT2D eigenvalue weighted by atomic mass is 19.2. The van der Waals surface area contributed by atoms with Crippen LogP contribution in [-0.4, -0.2) is 25.3 Å². The van der Waals surface area contributed by atoms with Gasteiger partial charge in [0.1, 0.15) is 0 Å². The van der Waals surface area contributed by atoms with Crippen LogP contribution in [0.4, 0.5) is 8.78 Å². The van der Waals surface area contributed by atoms with Crippen LogP contribution in [0.25, 0.3) is 0 Å². The third kappa shape index (κ3) is 4.75. The highest BCUT2D eigenvalue weighted by molar-refractivity contribution is 5.20. The molecule has 1 aliphatic heterocycles. The zero-order chi connectivity index (χ0) is 15.5. The Bertz CT molecular complexity index is 476. The molecule has 0 saturated carbocycles. The van der Waals surface area contributed by atoms with Crippen molar-refractivity contribution in [2.45, 2.75) is 45.6 Å². The maximum Gasteiger partial charge on any atom is 0.159 e. The Balaban J connectivity index is 2.13. The van der Waals surface area contributed by atoms with Crippen LogP contribution in [0, 0.1) is 17.0 Å². The first-order valence-electron chi connectivity index (χ1n) is 7.56. The molecule has 1 aliphatic rings. The maximum atomic E-state index is 13.4. The van der Waals surface area contributed by atoms with Gasteiger partial charge < -0.3 is 10.1 Å². The topological polar surface area (TPSA) is 21.3 Å². The maximum absolute atomic E-state index is 13.4. The fraction of sp³-hybridized carbons (Fsp3) is 0.647. The SMILES string of the molecule is CC(C)(C)NCC1(Cc2ccc(F)c(F)c2)CCCOC1. The number of ether oxygens (including phenoxy) is 1. The van der Waals surface area contributed by atoms with Gasteiger partial charge in [0, 0.05) is 24.1 Å². The summed E-state index contributed by atoms with van der Waals surface area (Å²) in [6.45, 7) is 8.64. The molecule has 1 atom stereocenters. The van der Waals surface area contributed by atoms with Gasteiger partial charge in [0.2, 0.25) is 0 Å². The zero-order valence-electron chi connectivity index (χ0n) is 13.1. The van der Waals surface area contributed by atoms with Crippen molar-refractivity contribution in [3.8, 4) is 0 Å². The summed E-state index contributed by atoms with van der Waals surface area (Å²) >= 11 is 0. The molecule has 1 unspecified atom stereocenters. The molecule has 1 heterocycles. The van der Waals surface area contributed by atoms with E-state index in [1.807, 2.05) is 0 Å². The number of hydrogen-bond acceptors (Lipinski definition) is 2. The van der Waals surface area contributed by atoms with Crippen LogP contribution in [0.5, 0.6) is 0 Å². The van der Waals surface area contributed by atoms with Crippen molar-refractivity contribution in [1.29, 1.82) is 0 Å². The van der Waals surface area contributed by atoms with Crippen LogP contribution in [-0.2, 0) is 11.2 Å². The summed E-state index contributed by atoms with van der Waals surface area (Å²) in [6.07, 6.45) is 2.75. The second kappa shape index (κ2) is 6.41. The van der Waals surface area contributed by atoms with Crippen molar-refractivity contribution in [2.75, 3.05) is 19.8 Å². The van der Waals surface area contributed by atoms with E-state index >= 15 is 0 Å². The summed E-state index contributed by atoms with van der Waals surface area (Å²) in [4.78, 5) is 0. The third-order valence-corrected chi connectivity index (χ3v) is 3.96. The van der Waals surface area contributed by atoms with Gasteiger partial charge in [-0.25, -0.2) is 8.78 Å². The predicted octanol–water partition coefficient (Wildman–Crippen LogP) is 3.69. The average Bonchev–Trinajstić information content (AvgIpc) is 2.41. The van der Waals surface area contributed by atoms with Gasteiger partial charge in [0.05, 0.1) is 6.61 Å². The fourth-order valence-corrected chi connectivity index (χ4v) is 2.79. The van der Waals surface area contributed by atoms with Crippen molar-refractivity contribution in [3.63, 3.8) is 0 Å². The van der Waals surface area contributed by atoms with Crippen LogP contribution in [0.15, 0.2) is 18.2 Å². The van der Waals surface area contributed by atoms with Gasteiger partial charge in [0.15, 0.2) is 11.6 Å². The van der Waals surface area contributed by atoms with Gasteiger partial charge in [-0.15, -0.1) is 0 Å². The van der Waals surface area contributed by atoms with E-state index in [9.17, 15) is 8.78 Å². The minimum Gasteiger partial charge on any atom is -0.381 e. The molecule has 4 heteroatoms. The van der Waals surface area contributed by atoms with Gasteiger partial charge in [0.25, 0.3) is 0 Å². The first kappa shape index (κ1) is 16.4. The summed E-state index contributed by atoms with van der Waals surface area (Å²) < 4.78 is 32.1. The van der Waals surface area contributed by atoms with Gasteiger partial charge in [-0.2, -0.15) is 0 Å². The largest absolute Gasteiger partial charge is 0.381 e. The Morgan fingerprint density at radius 2 is 2.00 bits per heavy atom. The molecule has 0 radical (unpaired) electrons. The summed E-state index contributed by atoms with van der Waals surface area (Å²) in [5, 5.41) is 3.53. The molecule has 1 fully saturated rings. The van der Waals surface area contributed by atoms with E-state index in [-0.39, 0.29) is 11.0 Å². The molecule has 1 aromatic rings. The standard InChI is InChI=1S/C17H25F2NO/c1-16(2,3)20-11-17(7-4-8-21-12-17)10-13-5-6-14(18)15(19)9-13/h5-6,9,20H,4,7-8,10-12H2,1-3H3. The Hall–Kier alpha value is -1.00. The summed E-state index contributed by atoms with van der Waals surface area (Å²) in [5.41, 5.74) is 0.809. The molecule has 0 aromatic heterocycles. The molecule has 1 aromatic carbocycles. The van der Waals surface area contributed by atoms with Gasteiger partial charge in [-0.05, 0) is 57.7 Å². The van der Waals surface area contributed by atoms with E-state index in [0.29, 0.717) is 13.0 Å². The molecular formula is C17H25F2NO. The van der Waals surface area contributed by atoms with Crippen LogP contribution >= 0.6 is 0 Å². The zero-order valence-corrected chi connectivity index (χ0v) is 13.1. The van der Waals surface area contributed by atoms with Gasteiger partial charge in [-0.3, -0.25) is 0 Å². The molecule has 118 valence electrons. The predicted molar refractivity (Wildman–Crippen MR) is 80.3 cm³/mol. The first-order valence-corrected chi connectivity index (χ1v) is 7.56. The van der Waals surface area contributed by atoms with E-state index in [1.54, 1.807) is 6.07 Å².